The van der Waals surface area contributed by atoms with E-state index in [-0.39, 0.29) is 30.0 Å². The van der Waals surface area contributed by atoms with Crippen LogP contribution >= 0.6 is 0 Å². The van der Waals surface area contributed by atoms with Crippen LogP contribution in [0.4, 0.5) is 20.6 Å². The monoisotopic (exact) mass is 653 g/mol. The van der Waals surface area contributed by atoms with Gasteiger partial charge in [-0.25, -0.2) is 9.18 Å². The maximum Gasteiger partial charge on any atom is 0.323 e. The Morgan fingerprint density at radius 3 is 2.02 bits per heavy atom. The van der Waals surface area contributed by atoms with E-state index >= 15 is 0 Å². The number of para-hydroxylation sites is 1. The molecule has 0 radical (unpaired) electrons. The molecule has 3 amide bonds. The van der Waals surface area contributed by atoms with E-state index in [0.29, 0.717) is 29.1 Å². The molecular weight excluding hydrogens is 621 g/mol. The Hall–Kier alpha value is -5.36. The zero-order valence-corrected chi connectivity index (χ0v) is 26.0. The van der Waals surface area contributed by atoms with E-state index in [0.717, 1.165) is 10.6 Å². The summed E-state index contributed by atoms with van der Waals surface area (Å²) in [5.74, 6) is -1.12. The average molecular weight is 654 g/mol. The molecule has 0 heterocycles. The van der Waals surface area contributed by atoms with Gasteiger partial charge in [-0.3, -0.25) is 4.79 Å². The molecule has 0 atom stereocenters. The normalized spacial score (nSPS) is 11.1. The van der Waals surface area contributed by atoms with Gasteiger partial charge in [0.15, 0.2) is 0 Å². The molecule has 2 N–H and O–H groups in total. The molecule has 47 heavy (non-hydrogen) atoms. The maximum absolute atomic E-state index is 13.6. The predicted molar refractivity (Wildman–Crippen MR) is 177 cm³/mol. The van der Waals surface area contributed by atoms with Crippen LogP contribution in [-0.2, 0) is 25.7 Å². The van der Waals surface area contributed by atoms with Crippen LogP contribution in [0.1, 0.15) is 22.3 Å². The van der Waals surface area contributed by atoms with Crippen molar-refractivity contribution in [1.82, 2.24) is 5.06 Å². The van der Waals surface area contributed by atoms with Crippen LogP contribution in [0.5, 0.6) is 0 Å². The smallest absolute Gasteiger partial charge is 0.323 e. The van der Waals surface area contributed by atoms with E-state index in [4.69, 9.17) is 9.02 Å². The van der Waals surface area contributed by atoms with Crippen molar-refractivity contribution in [3.8, 4) is 11.1 Å². The Morgan fingerprint density at radius 2 is 1.34 bits per heavy atom. The van der Waals surface area contributed by atoms with Crippen molar-refractivity contribution in [3.05, 3.63) is 150 Å². The van der Waals surface area contributed by atoms with Crippen molar-refractivity contribution >= 4 is 33.4 Å². The molecule has 0 unspecified atom stereocenters. The van der Waals surface area contributed by atoms with Crippen molar-refractivity contribution in [3.63, 3.8) is 0 Å². The fourth-order valence-corrected chi connectivity index (χ4v) is 5.52. The van der Waals surface area contributed by atoms with Crippen molar-refractivity contribution in [2.75, 3.05) is 23.8 Å². The minimum absolute atomic E-state index is 0.0933. The van der Waals surface area contributed by atoms with Gasteiger partial charge in [-0.05, 0) is 83.8 Å². The molecule has 0 fully saturated rings. The Kier molecular flexibility index (Phi) is 11.1. The molecule has 0 aromatic heterocycles. The number of hydrogen-bond donors (Lipinski definition) is 2. The third-order valence-corrected chi connectivity index (χ3v) is 8.11. The highest BCUT2D eigenvalue weighted by Gasteiger charge is 2.26. The standard InChI is InChI=1S/C36H32FN3O6S/c37-31-19-15-28(16-20-31)30-11-7-14-34(25-30)47(43,44)46-40(23-8-24-45-26-27-9-3-1-4-10-27)35(41)29-17-21-33(22-18-29)39-36(42)38-32-12-5-2-6-13-32/h1-7,9-22,25H,8,23-24,26H2,(H2,38,39,42). The summed E-state index contributed by atoms with van der Waals surface area (Å²) in [6, 6.07) is 35.6. The first kappa shape index (κ1) is 33.0. The maximum atomic E-state index is 13.6. The van der Waals surface area contributed by atoms with Gasteiger partial charge in [-0.2, -0.15) is 13.5 Å². The minimum Gasteiger partial charge on any atom is -0.377 e. The Morgan fingerprint density at radius 1 is 0.702 bits per heavy atom. The minimum atomic E-state index is -4.47. The number of rotatable bonds is 13. The number of amides is 3. The number of ether oxygens (including phenoxy) is 1. The lowest BCUT2D eigenvalue weighted by molar-refractivity contribution is -0.0331. The fourth-order valence-electron chi connectivity index (χ4n) is 4.54. The van der Waals surface area contributed by atoms with Crippen LogP contribution < -0.4 is 10.6 Å². The van der Waals surface area contributed by atoms with Crippen LogP contribution in [0.25, 0.3) is 11.1 Å². The second-order valence-electron chi connectivity index (χ2n) is 10.4. The summed E-state index contributed by atoms with van der Waals surface area (Å²) in [5, 5.41) is 6.19. The molecule has 5 aromatic rings. The van der Waals surface area contributed by atoms with Gasteiger partial charge < -0.3 is 15.4 Å². The Balaban J connectivity index is 1.29. The summed E-state index contributed by atoms with van der Waals surface area (Å²) in [4.78, 5) is 25.8. The second-order valence-corrected chi connectivity index (χ2v) is 11.9. The van der Waals surface area contributed by atoms with Gasteiger partial charge in [0.05, 0.1) is 18.0 Å². The van der Waals surface area contributed by atoms with E-state index in [9.17, 15) is 22.4 Å². The van der Waals surface area contributed by atoms with E-state index in [1.54, 1.807) is 30.3 Å². The van der Waals surface area contributed by atoms with Crippen molar-refractivity contribution < 1.29 is 31.4 Å². The third-order valence-electron chi connectivity index (χ3n) is 6.90. The topological polar surface area (TPSA) is 114 Å². The van der Waals surface area contributed by atoms with Gasteiger partial charge >= 0.3 is 16.1 Å². The molecule has 11 heteroatoms. The largest absolute Gasteiger partial charge is 0.377 e. The number of nitrogens with zero attached hydrogens (tertiary/aromatic N) is 1. The van der Waals surface area contributed by atoms with Crippen LogP contribution in [0, 0.1) is 5.82 Å². The van der Waals surface area contributed by atoms with Gasteiger partial charge in [0.2, 0.25) is 0 Å². The molecule has 0 aliphatic rings. The lowest BCUT2D eigenvalue weighted by Gasteiger charge is -2.21. The molecule has 0 aliphatic carbocycles. The first-order valence-electron chi connectivity index (χ1n) is 14.7. The highest BCUT2D eigenvalue weighted by molar-refractivity contribution is 7.86. The van der Waals surface area contributed by atoms with E-state index in [1.165, 1.54) is 66.7 Å². The zero-order chi connectivity index (χ0) is 33.1. The van der Waals surface area contributed by atoms with Crippen LogP contribution in [-0.4, -0.2) is 38.6 Å². The molecule has 5 aromatic carbocycles. The molecule has 0 bridgehead atoms. The number of hydroxylamine groups is 2. The van der Waals surface area contributed by atoms with Crippen molar-refractivity contribution in [2.45, 2.75) is 17.9 Å². The highest BCUT2D eigenvalue weighted by atomic mass is 32.2. The van der Waals surface area contributed by atoms with E-state index in [1.807, 2.05) is 36.4 Å². The van der Waals surface area contributed by atoms with E-state index < -0.39 is 27.9 Å². The molecule has 0 spiro atoms. The molecule has 9 nitrogen and oxygen atoms in total. The van der Waals surface area contributed by atoms with Gasteiger partial charge in [0.1, 0.15) is 5.82 Å². The Bertz CT molecular complexity index is 1890. The lowest BCUT2D eigenvalue weighted by Crippen LogP contribution is -2.35. The lowest BCUT2D eigenvalue weighted by atomic mass is 10.1. The van der Waals surface area contributed by atoms with Gasteiger partial charge in [0, 0.05) is 23.5 Å². The number of carbonyl (C=O) groups is 2. The number of hydrogen-bond acceptors (Lipinski definition) is 6. The van der Waals surface area contributed by atoms with Crippen molar-refractivity contribution in [2.24, 2.45) is 0 Å². The van der Waals surface area contributed by atoms with Gasteiger partial charge in [-0.15, -0.1) is 4.28 Å². The zero-order valence-electron chi connectivity index (χ0n) is 25.2. The molecular formula is C36H32FN3O6S. The third kappa shape index (κ3) is 9.57. The molecule has 0 saturated heterocycles. The Labute approximate surface area is 272 Å². The quantitative estimate of drug-likeness (QED) is 0.100. The summed E-state index contributed by atoms with van der Waals surface area (Å²) in [6.45, 7) is 0.502. The molecule has 5 rings (SSSR count). The summed E-state index contributed by atoms with van der Waals surface area (Å²) >= 11 is 0. The number of nitrogens with one attached hydrogen (secondary N) is 2. The highest BCUT2D eigenvalue weighted by Crippen LogP contribution is 2.25. The van der Waals surface area contributed by atoms with Gasteiger partial charge in [0.25, 0.3) is 5.91 Å². The summed E-state index contributed by atoms with van der Waals surface area (Å²) < 4.78 is 51.5. The van der Waals surface area contributed by atoms with Crippen LogP contribution in [0.15, 0.2) is 138 Å². The second kappa shape index (κ2) is 15.8. The summed E-state index contributed by atoms with van der Waals surface area (Å²) in [6.07, 6.45) is 0.281. The fraction of sp³-hybridized carbons (Fsp3) is 0.111. The van der Waals surface area contributed by atoms with Crippen LogP contribution in [0.2, 0.25) is 0 Å². The summed E-state index contributed by atoms with van der Waals surface area (Å²) in [7, 11) is -4.47. The van der Waals surface area contributed by atoms with E-state index in [2.05, 4.69) is 10.6 Å². The van der Waals surface area contributed by atoms with Crippen molar-refractivity contribution in [1.29, 1.82) is 0 Å². The summed E-state index contributed by atoms with van der Waals surface area (Å²) in [5.41, 5.74) is 3.29. The SMILES string of the molecule is O=C(Nc1ccccc1)Nc1ccc(C(=O)N(CCCOCc2ccccc2)OS(=O)(=O)c2cccc(-c3ccc(F)cc3)c2)cc1. The van der Waals surface area contributed by atoms with Crippen LogP contribution in [0.3, 0.4) is 0 Å². The average Bonchev–Trinajstić information content (AvgIpc) is 3.09. The predicted octanol–water partition coefficient (Wildman–Crippen LogP) is 7.51. The first-order chi connectivity index (χ1) is 22.8. The molecule has 0 aliphatic heterocycles. The first-order valence-corrected chi connectivity index (χ1v) is 16.1. The number of halogens is 1. The molecule has 0 saturated carbocycles. The number of carbonyl (C=O) groups excluding carboxylic acids is 2. The number of anilines is 2. The molecule has 240 valence electrons. The number of benzene rings is 5. The number of urea groups is 1. The van der Waals surface area contributed by atoms with Gasteiger partial charge in [-0.1, -0.05) is 72.8 Å².